The molecule has 0 aromatic heterocycles. The molecule has 7 nitrogen and oxygen atoms in total. The maximum absolute atomic E-state index is 13.1. The van der Waals surface area contributed by atoms with Crippen molar-refractivity contribution in [2.24, 2.45) is 5.92 Å². The van der Waals surface area contributed by atoms with Gasteiger partial charge in [0, 0.05) is 19.1 Å². The Morgan fingerprint density at radius 3 is 2.33 bits per heavy atom. The molecule has 0 aliphatic carbocycles. The summed E-state index contributed by atoms with van der Waals surface area (Å²) in [5.41, 5.74) is 0.798. The summed E-state index contributed by atoms with van der Waals surface area (Å²) in [5.74, 6) is 0.227. The molecule has 0 unspecified atom stereocenters. The van der Waals surface area contributed by atoms with Crippen LogP contribution in [0.1, 0.15) is 39.2 Å². The molecule has 0 bridgehead atoms. The molecule has 0 atom stereocenters. The molecular formula is C22H27ClN2O5. The van der Waals surface area contributed by atoms with Gasteiger partial charge in [-0.15, -0.1) is 0 Å². The Labute approximate surface area is 181 Å². The monoisotopic (exact) mass is 434 g/mol. The van der Waals surface area contributed by atoms with Gasteiger partial charge in [0.05, 0.1) is 18.8 Å². The molecule has 0 spiro atoms. The van der Waals surface area contributed by atoms with Crippen LogP contribution in [0, 0.1) is 5.92 Å². The number of halogens is 1. The zero-order valence-electron chi connectivity index (χ0n) is 17.5. The van der Waals surface area contributed by atoms with Crippen LogP contribution in [-0.4, -0.2) is 60.1 Å². The van der Waals surface area contributed by atoms with Gasteiger partial charge in [-0.1, -0.05) is 37.6 Å². The highest BCUT2D eigenvalue weighted by Gasteiger charge is 2.43. The van der Waals surface area contributed by atoms with Gasteiger partial charge in [-0.05, 0) is 43.4 Å². The summed E-state index contributed by atoms with van der Waals surface area (Å²) in [6, 6.07) is 6.73. The van der Waals surface area contributed by atoms with Crippen LogP contribution in [0.2, 0.25) is 0 Å². The first-order chi connectivity index (χ1) is 14.3. The Morgan fingerprint density at radius 2 is 1.77 bits per heavy atom. The number of benzene rings is 1. The lowest BCUT2D eigenvalue weighted by Crippen LogP contribution is -2.49. The van der Waals surface area contributed by atoms with Crippen LogP contribution in [0.5, 0.6) is 5.75 Å². The first kappa shape index (κ1) is 22.2. The Morgan fingerprint density at radius 1 is 1.13 bits per heavy atom. The van der Waals surface area contributed by atoms with Gasteiger partial charge in [0.1, 0.15) is 10.8 Å². The number of likely N-dealkylation sites (tertiary alicyclic amines) is 1. The second kappa shape index (κ2) is 9.51. The van der Waals surface area contributed by atoms with E-state index in [4.69, 9.17) is 21.1 Å². The average molecular weight is 435 g/mol. The summed E-state index contributed by atoms with van der Waals surface area (Å²) < 4.78 is 10.7. The summed E-state index contributed by atoms with van der Waals surface area (Å²) in [7, 11) is 0. The third kappa shape index (κ3) is 4.61. The number of nitrogens with zero attached hydrogens (tertiary/aromatic N) is 2. The van der Waals surface area contributed by atoms with Crippen molar-refractivity contribution in [1.29, 1.82) is 0 Å². The summed E-state index contributed by atoms with van der Waals surface area (Å²) >= 11 is 6.29. The van der Waals surface area contributed by atoms with Gasteiger partial charge in [0.15, 0.2) is 0 Å². The molecule has 1 saturated heterocycles. The maximum Gasteiger partial charge on any atom is 0.409 e. The number of hydrogen-bond donors (Lipinski definition) is 0. The normalized spacial score (nSPS) is 17.9. The zero-order valence-corrected chi connectivity index (χ0v) is 18.3. The Bertz CT molecular complexity index is 842. The number of carbonyl (C=O) groups is 3. The minimum Gasteiger partial charge on any atom is -0.493 e. The third-order valence-corrected chi connectivity index (χ3v) is 5.49. The van der Waals surface area contributed by atoms with E-state index in [0.29, 0.717) is 56.4 Å². The molecule has 3 rings (SSSR count). The second-order valence-electron chi connectivity index (χ2n) is 7.82. The van der Waals surface area contributed by atoms with E-state index in [1.807, 2.05) is 0 Å². The van der Waals surface area contributed by atoms with Crippen LogP contribution >= 0.6 is 11.6 Å². The lowest BCUT2D eigenvalue weighted by molar-refractivity contribution is -0.140. The van der Waals surface area contributed by atoms with E-state index in [1.54, 1.807) is 36.1 Å². The van der Waals surface area contributed by atoms with Crippen molar-refractivity contribution in [2.45, 2.75) is 39.7 Å². The quantitative estimate of drug-likeness (QED) is 0.638. The van der Waals surface area contributed by atoms with E-state index in [0.717, 1.165) is 0 Å². The lowest BCUT2D eigenvalue weighted by atomic mass is 10.0. The zero-order chi connectivity index (χ0) is 21.8. The molecule has 0 radical (unpaired) electrons. The number of hydrogen-bond acceptors (Lipinski definition) is 5. The average Bonchev–Trinajstić information content (AvgIpc) is 2.95. The number of piperidine rings is 1. The number of imide groups is 1. The summed E-state index contributed by atoms with van der Waals surface area (Å²) in [4.78, 5) is 40.5. The van der Waals surface area contributed by atoms with Crippen LogP contribution in [-0.2, 0) is 14.3 Å². The van der Waals surface area contributed by atoms with Crippen LogP contribution in [0.4, 0.5) is 4.79 Å². The summed E-state index contributed by atoms with van der Waals surface area (Å²) in [6.45, 7) is 7.64. The largest absolute Gasteiger partial charge is 0.493 e. The standard InChI is InChI=1S/C22H27ClN2O5/c1-4-29-22(28)24-11-9-16(10-12-24)25-20(26)18(19(23)21(25)27)15-5-7-17(8-6-15)30-13-14(2)3/h5-8,14,16H,4,9-13H2,1-3H3. The van der Waals surface area contributed by atoms with Gasteiger partial charge < -0.3 is 14.4 Å². The van der Waals surface area contributed by atoms with Crippen LogP contribution in [0.15, 0.2) is 29.3 Å². The van der Waals surface area contributed by atoms with Crippen molar-refractivity contribution in [3.63, 3.8) is 0 Å². The van der Waals surface area contributed by atoms with E-state index in [9.17, 15) is 14.4 Å². The number of carbonyl (C=O) groups excluding carboxylic acids is 3. The maximum atomic E-state index is 13.1. The fourth-order valence-corrected chi connectivity index (χ4v) is 3.88. The predicted molar refractivity (Wildman–Crippen MR) is 113 cm³/mol. The van der Waals surface area contributed by atoms with Crippen LogP contribution in [0.3, 0.4) is 0 Å². The molecular weight excluding hydrogens is 408 g/mol. The molecule has 1 aromatic carbocycles. The number of amides is 3. The topological polar surface area (TPSA) is 76.2 Å². The highest BCUT2D eigenvalue weighted by atomic mass is 35.5. The number of ether oxygens (including phenoxy) is 2. The Kier molecular flexibility index (Phi) is 7.02. The van der Waals surface area contributed by atoms with Crippen molar-refractivity contribution in [3.05, 3.63) is 34.9 Å². The molecule has 0 N–H and O–H groups in total. The highest BCUT2D eigenvalue weighted by molar-refractivity contribution is 6.55. The smallest absolute Gasteiger partial charge is 0.409 e. The summed E-state index contributed by atoms with van der Waals surface area (Å²) in [5, 5.41) is -0.0660. The van der Waals surface area contributed by atoms with Gasteiger partial charge in [0.2, 0.25) is 0 Å². The van der Waals surface area contributed by atoms with Gasteiger partial charge in [-0.2, -0.15) is 0 Å². The lowest BCUT2D eigenvalue weighted by Gasteiger charge is -2.35. The fourth-order valence-electron chi connectivity index (χ4n) is 3.60. The predicted octanol–water partition coefficient (Wildman–Crippen LogP) is 3.66. The molecule has 2 aliphatic rings. The SMILES string of the molecule is CCOC(=O)N1CCC(N2C(=O)C(Cl)=C(c3ccc(OCC(C)C)cc3)C2=O)CC1. The van der Waals surface area contributed by atoms with E-state index in [1.165, 1.54) is 4.90 Å². The van der Waals surface area contributed by atoms with Crippen LogP contribution in [0.25, 0.3) is 5.57 Å². The number of rotatable bonds is 6. The Balaban J connectivity index is 1.69. The molecule has 30 heavy (non-hydrogen) atoms. The van der Waals surface area contributed by atoms with Gasteiger partial charge in [0.25, 0.3) is 11.8 Å². The van der Waals surface area contributed by atoms with Crippen molar-refractivity contribution in [1.82, 2.24) is 9.80 Å². The van der Waals surface area contributed by atoms with Crippen molar-refractivity contribution in [2.75, 3.05) is 26.3 Å². The van der Waals surface area contributed by atoms with Crippen molar-refractivity contribution in [3.8, 4) is 5.75 Å². The molecule has 2 heterocycles. The van der Waals surface area contributed by atoms with Crippen molar-refractivity contribution < 1.29 is 23.9 Å². The fraction of sp³-hybridized carbons (Fsp3) is 0.500. The van der Waals surface area contributed by atoms with Gasteiger partial charge in [-0.25, -0.2) is 4.79 Å². The minimum atomic E-state index is -0.480. The molecule has 3 amide bonds. The van der Waals surface area contributed by atoms with Crippen molar-refractivity contribution >= 4 is 35.1 Å². The highest BCUT2D eigenvalue weighted by Crippen LogP contribution is 2.35. The van der Waals surface area contributed by atoms with Gasteiger partial charge >= 0.3 is 6.09 Å². The van der Waals surface area contributed by atoms with Crippen LogP contribution < -0.4 is 4.74 Å². The Hall–Kier alpha value is -2.54. The molecule has 162 valence electrons. The molecule has 1 fully saturated rings. The first-order valence-corrected chi connectivity index (χ1v) is 10.6. The molecule has 8 heteroatoms. The van der Waals surface area contributed by atoms with E-state index < -0.39 is 11.8 Å². The molecule has 1 aromatic rings. The third-order valence-electron chi connectivity index (χ3n) is 5.14. The van der Waals surface area contributed by atoms with Gasteiger partial charge in [-0.3, -0.25) is 14.5 Å². The second-order valence-corrected chi connectivity index (χ2v) is 8.19. The minimum absolute atomic E-state index is 0.0660. The van der Waals surface area contributed by atoms with E-state index >= 15 is 0 Å². The first-order valence-electron chi connectivity index (χ1n) is 10.3. The van der Waals surface area contributed by atoms with E-state index in [2.05, 4.69) is 13.8 Å². The summed E-state index contributed by atoms with van der Waals surface area (Å²) in [6.07, 6.45) is 0.623. The van der Waals surface area contributed by atoms with E-state index in [-0.39, 0.29) is 22.7 Å². The molecule has 2 aliphatic heterocycles. The molecule has 0 saturated carbocycles.